The zero-order chi connectivity index (χ0) is 15.3. The largest absolute Gasteiger partial charge is 0.454 e. The van der Waals surface area contributed by atoms with E-state index < -0.39 is 10.0 Å². The van der Waals surface area contributed by atoms with E-state index >= 15 is 0 Å². The molecule has 4 rings (SSSR count). The summed E-state index contributed by atoms with van der Waals surface area (Å²) >= 11 is 0. The Balaban J connectivity index is 1.77. The lowest BCUT2D eigenvalue weighted by Gasteiger charge is -2.19. The number of anilines is 1. The summed E-state index contributed by atoms with van der Waals surface area (Å²) in [5, 5.41) is 0. The fourth-order valence-electron chi connectivity index (χ4n) is 2.75. The van der Waals surface area contributed by atoms with Crippen LogP contribution in [0, 0.1) is 5.82 Å². The van der Waals surface area contributed by atoms with E-state index in [1.54, 1.807) is 6.07 Å². The van der Waals surface area contributed by atoms with Gasteiger partial charge in [0.05, 0.1) is 10.6 Å². The van der Waals surface area contributed by atoms with Crippen LogP contribution in [-0.4, -0.2) is 21.8 Å². The summed E-state index contributed by atoms with van der Waals surface area (Å²) in [6, 6.07) is 8.68. The first-order valence-corrected chi connectivity index (χ1v) is 8.20. The number of sulfonamides is 1. The molecule has 2 aromatic carbocycles. The third kappa shape index (κ3) is 1.93. The molecule has 2 aromatic rings. The van der Waals surface area contributed by atoms with Gasteiger partial charge in [0, 0.05) is 12.6 Å². The lowest BCUT2D eigenvalue weighted by molar-refractivity contribution is 0.174. The number of hydrogen-bond donors (Lipinski definition) is 0. The molecule has 5 nitrogen and oxygen atoms in total. The maximum Gasteiger partial charge on any atom is 0.264 e. The predicted octanol–water partition coefficient (Wildman–Crippen LogP) is 2.31. The second kappa shape index (κ2) is 4.61. The molecule has 0 radical (unpaired) electrons. The van der Waals surface area contributed by atoms with Crippen LogP contribution >= 0.6 is 0 Å². The van der Waals surface area contributed by atoms with Crippen molar-refractivity contribution in [3.8, 4) is 11.5 Å². The van der Waals surface area contributed by atoms with Gasteiger partial charge in [-0.3, -0.25) is 4.31 Å². The van der Waals surface area contributed by atoms with E-state index in [1.807, 2.05) is 0 Å². The number of hydrogen-bond acceptors (Lipinski definition) is 4. The van der Waals surface area contributed by atoms with Crippen LogP contribution in [0.5, 0.6) is 11.5 Å². The fourth-order valence-corrected chi connectivity index (χ4v) is 4.27. The monoisotopic (exact) mass is 321 g/mol. The molecule has 0 unspecified atom stereocenters. The number of ether oxygens (including phenoxy) is 2. The van der Waals surface area contributed by atoms with E-state index in [-0.39, 0.29) is 17.5 Å². The van der Waals surface area contributed by atoms with Gasteiger partial charge in [0.15, 0.2) is 11.5 Å². The maximum atomic E-state index is 13.3. The molecule has 22 heavy (non-hydrogen) atoms. The van der Waals surface area contributed by atoms with Crippen molar-refractivity contribution in [1.29, 1.82) is 0 Å². The lowest BCUT2D eigenvalue weighted by Crippen LogP contribution is -2.29. The van der Waals surface area contributed by atoms with Crippen molar-refractivity contribution < 1.29 is 22.3 Å². The summed E-state index contributed by atoms with van der Waals surface area (Å²) < 4.78 is 50.6. The maximum absolute atomic E-state index is 13.3. The molecule has 2 heterocycles. The number of rotatable bonds is 2. The van der Waals surface area contributed by atoms with Crippen molar-refractivity contribution in [2.75, 3.05) is 17.6 Å². The highest BCUT2D eigenvalue weighted by Gasteiger charge is 2.32. The van der Waals surface area contributed by atoms with Gasteiger partial charge in [0.1, 0.15) is 5.82 Å². The molecule has 114 valence electrons. The Labute approximate surface area is 126 Å². The Morgan fingerprint density at radius 3 is 2.73 bits per heavy atom. The topological polar surface area (TPSA) is 55.8 Å². The highest BCUT2D eigenvalue weighted by Crippen LogP contribution is 2.37. The first kappa shape index (κ1) is 13.4. The van der Waals surface area contributed by atoms with Gasteiger partial charge in [-0.1, -0.05) is 0 Å². The number of halogens is 1. The SMILES string of the molecule is O=S(=O)(c1ccc2c(c1)OCO2)N1CCc2cc(F)ccc21. The van der Waals surface area contributed by atoms with E-state index in [2.05, 4.69) is 0 Å². The van der Waals surface area contributed by atoms with Gasteiger partial charge in [-0.25, -0.2) is 12.8 Å². The van der Waals surface area contributed by atoms with Gasteiger partial charge in [-0.2, -0.15) is 0 Å². The second-order valence-corrected chi connectivity index (χ2v) is 6.98. The van der Waals surface area contributed by atoms with Gasteiger partial charge in [0.25, 0.3) is 10.0 Å². The van der Waals surface area contributed by atoms with Crippen LogP contribution in [-0.2, 0) is 16.4 Å². The van der Waals surface area contributed by atoms with Crippen LogP contribution in [0.1, 0.15) is 5.56 Å². The Morgan fingerprint density at radius 2 is 1.86 bits per heavy atom. The van der Waals surface area contributed by atoms with Crippen LogP contribution in [0.4, 0.5) is 10.1 Å². The van der Waals surface area contributed by atoms with E-state index in [0.29, 0.717) is 35.7 Å². The normalized spacial score (nSPS) is 16.0. The second-order valence-electron chi connectivity index (χ2n) is 5.12. The minimum atomic E-state index is -3.71. The lowest BCUT2D eigenvalue weighted by atomic mass is 10.2. The smallest absolute Gasteiger partial charge is 0.264 e. The van der Waals surface area contributed by atoms with Crippen LogP contribution in [0.25, 0.3) is 0 Å². The summed E-state index contributed by atoms with van der Waals surface area (Å²) in [5.74, 6) is 0.587. The van der Waals surface area contributed by atoms with Gasteiger partial charge >= 0.3 is 0 Å². The Kier molecular flexibility index (Phi) is 2.80. The van der Waals surface area contributed by atoms with Crippen molar-refractivity contribution >= 4 is 15.7 Å². The predicted molar refractivity (Wildman–Crippen MR) is 77.2 cm³/mol. The molecule has 0 atom stereocenters. The van der Waals surface area contributed by atoms with E-state index in [1.165, 1.54) is 34.6 Å². The fraction of sp³-hybridized carbons (Fsp3) is 0.200. The molecule has 0 fully saturated rings. The molecule has 0 aromatic heterocycles. The molecule has 0 amide bonds. The van der Waals surface area contributed by atoms with Gasteiger partial charge in [-0.15, -0.1) is 0 Å². The average molecular weight is 321 g/mol. The molecule has 2 aliphatic heterocycles. The van der Waals surface area contributed by atoms with Crippen LogP contribution < -0.4 is 13.8 Å². The average Bonchev–Trinajstić information content (AvgIpc) is 3.12. The van der Waals surface area contributed by atoms with E-state index in [9.17, 15) is 12.8 Å². The molecule has 0 saturated heterocycles. The number of nitrogens with zero attached hydrogens (tertiary/aromatic N) is 1. The minimum absolute atomic E-state index is 0.0880. The van der Waals surface area contributed by atoms with Crippen molar-refractivity contribution in [2.24, 2.45) is 0 Å². The van der Waals surface area contributed by atoms with E-state index in [0.717, 1.165) is 0 Å². The van der Waals surface area contributed by atoms with Gasteiger partial charge < -0.3 is 9.47 Å². The quantitative estimate of drug-likeness (QED) is 0.852. The molecule has 7 heteroatoms. The molecular weight excluding hydrogens is 309 g/mol. The minimum Gasteiger partial charge on any atom is -0.454 e. The third-order valence-corrected chi connectivity index (χ3v) is 5.64. The third-order valence-electron chi connectivity index (χ3n) is 3.83. The Morgan fingerprint density at radius 1 is 1.05 bits per heavy atom. The van der Waals surface area contributed by atoms with Gasteiger partial charge in [-0.05, 0) is 42.3 Å². The zero-order valence-electron chi connectivity index (χ0n) is 11.5. The molecule has 0 aliphatic carbocycles. The van der Waals surface area contributed by atoms with Crippen LogP contribution in [0.2, 0.25) is 0 Å². The highest BCUT2D eigenvalue weighted by molar-refractivity contribution is 7.92. The van der Waals surface area contributed by atoms with Gasteiger partial charge in [0.2, 0.25) is 6.79 Å². The van der Waals surface area contributed by atoms with Crippen molar-refractivity contribution in [2.45, 2.75) is 11.3 Å². The molecular formula is C15H12FNO4S. The van der Waals surface area contributed by atoms with Crippen molar-refractivity contribution in [1.82, 2.24) is 0 Å². The molecule has 0 N–H and O–H groups in total. The molecule has 0 spiro atoms. The first-order valence-electron chi connectivity index (χ1n) is 6.76. The molecule has 0 saturated carbocycles. The molecule has 2 aliphatic rings. The summed E-state index contributed by atoms with van der Waals surface area (Å²) in [7, 11) is -3.71. The summed E-state index contributed by atoms with van der Waals surface area (Å²) in [6.45, 7) is 0.389. The summed E-state index contributed by atoms with van der Waals surface area (Å²) in [6.07, 6.45) is 0.497. The van der Waals surface area contributed by atoms with Crippen molar-refractivity contribution in [3.05, 3.63) is 47.8 Å². The highest BCUT2D eigenvalue weighted by atomic mass is 32.2. The Hall–Kier alpha value is -2.28. The van der Waals surface area contributed by atoms with Crippen molar-refractivity contribution in [3.63, 3.8) is 0 Å². The number of benzene rings is 2. The van der Waals surface area contributed by atoms with Crippen LogP contribution in [0.3, 0.4) is 0 Å². The molecule has 0 bridgehead atoms. The van der Waals surface area contributed by atoms with E-state index in [4.69, 9.17) is 9.47 Å². The van der Waals surface area contributed by atoms with Crippen LogP contribution in [0.15, 0.2) is 41.3 Å². The first-order chi connectivity index (χ1) is 10.6. The Bertz CT molecular complexity index is 866. The summed E-state index contributed by atoms with van der Waals surface area (Å²) in [4.78, 5) is 0.133. The zero-order valence-corrected chi connectivity index (χ0v) is 12.3. The standard InChI is InChI=1S/C15H12FNO4S/c16-11-1-3-13-10(7-11)5-6-17(13)22(18,19)12-2-4-14-15(8-12)21-9-20-14/h1-4,7-8H,5-6,9H2. The summed E-state index contributed by atoms with van der Waals surface area (Å²) in [5.41, 5.74) is 1.23. The number of fused-ring (bicyclic) bond motifs is 2.